The van der Waals surface area contributed by atoms with Crippen molar-refractivity contribution in [2.24, 2.45) is 15.0 Å². The maximum absolute atomic E-state index is 13.5. The van der Waals surface area contributed by atoms with Crippen LogP contribution in [-0.4, -0.2) is 186 Å². The summed E-state index contributed by atoms with van der Waals surface area (Å²) in [5, 5.41) is 21.4. The van der Waals surface area contributed by atoms with E-state index in [2.05, 4.69) is 179 Å². The number of pyridine rings is 4. The monoisotopic (exact) mass is 2050 g/mol. The van der Waals surface area contributed by atoms with Gasteiger partial charge >= 0.3 is 0 Å². The zero-order chi connectivity index (χ0) is 107. The van der Waals surface area contributed by atoms with Crippen molar-refractivity contribution in [3.63, 3.8) is 0 Å². The molecule has 0 atom stereocenters. The third kappa shape index (κ3) is 24.7. The summed E-state index contributed by atoms with van der Waals surface area (Å²) in [7, 11) is 0. The number of H-pyrrole nitrogens is 1. The molecule has 0 bridgehead atoms. The molecule has 45 nitrogen and oxygen atoms in total. The molecular formula is C103H134F2N40O5. The van der Waals surface area contributed by atoms with E-state index in [4.69, 9.17) is 34.4 Å². The second kappa shape index (κ2) is 49.1. The standard InChI is InChI=1S/C10H12FN3.C10H11FN2O.C10H11N5O.C10H12N2O.3C9H12N4.2C9H11N3O.2C8H11N5.2CH4/c1-6(2)14-5-7(11)9-8(12)3-4-13-10(9)14;1-6(2)13-5-7(11)9-8(14)3-4-12-10(9)13;1-6(2)15-5-12-7-8(16)13-10-11-3-4-14(10)9(7)15;1-7(2)12-6-4-8-9(13)3-5-11-10(8)12;1-6(2)13-5-12-8-7(10)3-4-11-9(8)13;1-6(2)13-4-3-7-8(10)11-5-12-9(7)13;1-6(2)8-5-11-9-7(10)3-4-12-13(8)9;1-7(2)11-5-3-8(13)12-6-4-10-9(11)12;1-6(2)12-5-11-8-7(13)3-4-10-9(8)12;2*1-5(2)13-8-7(11-12-13)6(9)3-4-10-8;;/h3-6H,1-2H3,(H2,12,13);4-6H,3H2,1-2H3;3-6H,1-2H3,(H,11,13,16);4-7H,3H2,1-2H3;3-6H,1-2H3,(H2,10,11);3-6H,1-2H3,(H2,10,11,12);3-6H,10H2,1-2H3;3-7H,1-2H3;4-6H,3H2,1-2H3;2*3-5H,1-2H3,(H2,9,10);2*1H4. The molecule has 0 radical (unpaired) electrons. The van der Waals surface area contributed by atoms with Gasteiger partial charge in [0.15, 0.2) is 85.3 Å². The van der Waals surface area contributed by atoms with E-state index in [1.165, 1.54) is 24.9 Å². The normalized spacial score (nSPS) is 12.2. The fraction of sp³-hybridized carbons (Fsp3) is 0.369. The van der Waals surface area contributed by atoms with Crippen molar-refractivity contribution < 1.29 is 23.2 Å². The summed E-state index contributed by atoms with van der Waals surface area (Å²) < 4.78 is 50.9. The third-order valence-corrected chi connectivity index (χ3v) is 23.5. The molecule has 0 saturated heterocycles. The Labute approximate surface area is 863 Å². The van der Waals surface area contributed by atoms with Crippen molar-refractivity contribution >= 4 is 172 Å². The average Bonchev–Trinajstić information content (AvgIpc) is 1.60. The molecule has 0 saturated carbocycles. The molecule has 0 fully saturated rings. The van der Waals surface area contributed by atoms with Crippen molar-refractivity contribution in [1.82, 2.24) is 150 Å². The average molecular weight is 2050 g/mol. The van der Waals surface area contributed by atoms with Gasteiger partial charge in [0.2, 0.25) is 11.6 Å². The number of anilines is 6. The number of rotatable bonds is 11. The Morgan fingerprint density at radius 3 is 1.45 bits per heavy atom. The van der Waals surface area contributed by atoms with Crippen LogP contribution in [0.5, 0.6) is 0 Å². The van der Waals surface area contributed by atoms with E-state index >= 15 is 0 Å². The topological polar surface area (TPSA) is 576 Å². The highest BCUT2D eigenvalue weighted by atomic mass is 19.1. The SMILES string of the molecule is C.C.CC(C)c1cnc2c(N)ccnn12.CC(C)n1cc(F)c2c(N)ccnc21.CC(C)n1cc(F)c2c1N=CCC2=O.CC(C)n1ccc(=O)n2ccnc12.CC(C)n1ccc2c(N)ncnc21.CC(C)n1ccc2c1N=CCC2=O.CC(C)n1cnc2c(=O)[nH]c3nccn3c21.CC(C)n1cnc2c(N)ccnc21.CC(C)n1cnc2c1N=CCC2=O.CC(C)n1nnc2c(N)ccnc21.CC(C)n1nnc2c(N)ccnc21. The summed E-state index contributed by atoms with van der Waals surface area (Å²) in [5.74, 6) is 3.43. The summed E-state index contributed by atoms with van der Waals surface area (Å²) in [6.07, 6.45) is 37.9. The van der Waals surface area contributed by atoms with Crippen molar-refractivity contribution in [1.29, 1.82) is 0 Å². The number of nitrogens with zero attached hydrogens (tertiary/aromatic N) is 33. The first kappa shape index (κ1) is 113. The second-order valence-corrected chi connectivity index (χ2v) is 37.7. The first-order chi connectivity index (χ1) is 70.5. The zero-order valence-corrected chi connectivity index (χ0v) is 86.8. The van der Waals surface area contributed by atoms with Crippen LogP contribution in [0.3, 0.4) is 0 Å². The Morgan fingerprint density at radius 1 is 0.367 bits per heavy atom. The Bertz CT molecular complexity index is 7740. The molecule has 790 valence electrons. The second-order valence-electron chi connectivity index (χ2n) is 37.7. The number of nitrogens with two attached hydrogens (primary N) is 6. The molecule has 0 unspecified atom stereocenters. The predicted octanol–water partition coefficient (Wildman–Crippen LogP) is 18.9. The number of fused-ring (bicyclic) bond motifs is 13. The van der Waals surface area contributed by atoms with E-state index < -0.39 is 5.82 Å². The molecule has 23 rings (SSSR count). The van der Waals surface area contributed by atoms with Gasteiger partial charge in [0.25, 0.3) is 11.1 Å². The number of aromatic nitrogens is 31. The molecular weight excluding hydrogens is 1920 g/mol. The lowest BCUT2D eigenvalue weighted by Crippen LogP contribution is -2.16. The van der Waals surface area contributed by atoms with Gasteiger partial charge in [-0.3, -0.25) is 37.8 Å². The minimum atomic E-state index is -0.462. The van der Waals surface area contributed by atoms with Crippen molar-refractivity contribution in [2.45, 2.75) is 253 Å². The highest BCUT2D eigenvalue weighted by Gasteiger charge is 2.27. The van der Waals surface area contributed by atoms with Crippen LogP contribution in [0.2, 0.25) is 0 Å². The van der Waals surface area contributed by atoms with E-state index in [0.29, 0.717) is 140 Å². The molecule has 0 aromatic carbocycles. The number of carbonyl (C=O) groups is 3. The lowest BCUT2D eigenvalue weighted by Gasteiger charge is -2.12. The lowest BCUT2D eigenvalue weighted by molar-refractivity contribution is 0.0988. The number of aliphatic imine (C=N–C) groups is 3. The van der Waals surface area contributed by atoms with Gasteiger partial charge < -0.3 is 70.9 Å². The predicted molar refractivity (Wildman–Crippen MR) is 587 cm³/mol. The van der Waals surface area contributed by atoms with Gasteiger partial charge in [-0.15, -0.1) is 10.2 Å². The van der Waals surface area contributed by atoms with Crippen LogP contribution in [0, 0.1) is 11.6 Å². The smallest absolute Gasteiger partial charge is 0.280 e. The molecule has 3 aliphatic heterocycles. The van der Waals surface area contributed by atoms with Gasteiger partial charge in [0, 0.05) is 179 Å². The minimum Gasteiger partial charge on any atom is -0.398 e. The fourth-order valence-corrected chi connectivity index (χ4v) is 15.7. The van der Waals surface area contributed by atoms with Crippen molar-refractivity contribution in [2.75, 3.05) is 34.4 Å². The molecule has 0 amide bonds. The van der Waals surface area contributed by atoms with Crippen LogP contribution >= 0.6 is 0 Å². The fourth-order valence-electron chi connectivity index (χ4n) is 15.7. The summed E-state index contributed by atoms with van der Waals surface area (Å²) in [5.41, 5.74) is 47.6. The molecule has 47 heteroatoms. The zero-order valence-electron chi connectivity index (χ0n) is 86.8. The molecule has 0 spiro atoms. The highest BCUT2D eigenvalue weighted by Crippen LogP contribution is 2.34. The number of ketones is 3. The van der Waals surface area contributed by atoms with Gasteiger partial charge in [0.1, 0.15) is 40.6 Å². The maximum atomic E-state index is 13.5. The Balaban J connectivity index is 0.000000156. The van der Waals surface area contributed by atoms with Gasteiger partial charge in [0.05, 0.1) is 93.8 Å². The first-order valence-electron chi connectivity index (χ1n) is 48.3. The van der Waals surface area contributed by atoms with Crippen LogP contribution in [0.1, 0.15) is 290 Å². The summed E-state index contributed by atoms with van der Waals surface area (Å²) in [4.78, 5) is 122. The van der Waals surface area contributed by atoms with E-state index in [1.54, 1.807) is 151 Å². The lowest BCUT2D eigenvalue weighted by atomic mass is 10.1. The number of imidazole rings is 6. The van der Waals surface area contributed by atoms with Crippen LogP contribution in [0.4, 0.5) is 60.5 Å². The molecule has 3 aliphatic rings. The van der Waals surface area contributed by atoms with Crippen LogP contribution in [0.15, 0.2) is 191 Å². The summed E-state index contributed by atoms with van der Waals surface area (Å²) in [6.45, 7) is 45.0. The molecule has 0 aliphatic carbocycles. The number of carbonyl (C=O) groups excluding carboxylic acids is 3. The van der Waals surface area contributed by atoms with E-state index in [9.17, 15) is 32.8 Å². The van der Waals surface area contributed by atoms with E-state index in [1.807, 2.05) is 147 Å². The number of aromatic amines is 1. The van der Waals surface area contributed by atoms with Gasteiger partial charge in [-0.05, 0) is 187 Å². The van der Waals surface area contributed by atoms with Crippen molar-refractivity contribution in [3.05, 3.63) is 222 Å². The van der Waals surface area contributed by atoms with Crippen LogP contribution in [0.25, 0.3) is 83.9 Å². The molecule has 23 heterocycles. The van der Waals surface area contributed by atoms with Crippen LogP contribution in [-0.2, 0) is 0 Å². The van der Waals surface area contributed by atoms with Gasteiger partial charge in [-0.1, -0.05) is 39.1 Å². The highest BCUT2D eigenvalue weighted by molar-refractivity contribution is 6.11. The maximum Gasteiger partial charge on any atom is 0.280 e. The molecule has 13 N–H and O–H groups in total. The van der Waals surface area contributed by atoms with Gasteiger partial charge in [-0.25, -0.2) is 97.4 Å². The van der Waals surface area contributed by atoms with Crippen LogP contribution < -0.4 is 45.5 Å². The molecule has 150 heavy (non-hydrogen) atoms. The quantitative estimate of drug-likeness (QED) is 0.0632. The number of hydrogen-bond donors (Lipinski definition) is 7. The number of Topliss-reactive ketones (excluding diaryl/α,β-unsaturated/α-hetero) is 3. The van der Waals surface area contributed by atoms with E-state index in [-0.39, 0.29) is 91.3 Å². The largest absolute Gasteiger partial charge is 0.398 e. The molecule has 20 aromatic rings. The third-order valence-electron chi connectivity index (χ3n) is 23.5. The van der Waals surface area contributed by atoms with Gasteiger partial charge in [-0.2, -0.15) is 5.10 Å². The Hall–Kier alpha value is -17.6. The first-order valence-corrected chi connectivity index (χ1v) is 48.3. The molecule has 20 aromatic heterocycles. The number of nitrogens with one attached hydrogen (secondary N) is 1. The van der Waals surface area contributed by atoms with E-state index in [0.717, 1.165) is 61.9 Å². The number of nitrogen functional groups attached to an aromatic ring is 6. The number of hydrogen-bond acceptors (Lipinski definition) is 31. The number of halogens is 2. The Kier molecular flexibility index (Phi) is 36.9. The van der Waals surface area contributed by atoms with Crippen molar-refractivity contribution in [3.8, 4) is 0 Å². The minimum absolute atomic E-state index is 0. The summed E-state index contributed by atoms with van der Waals surface area (Å²) in [6, 6.07) is 16.7. The Morgan fingerprint density at radius 2 is 0.860 bits per heavy atom. The summed E-state index contributed by atoms with van der Waals surface area (Å²) >= 11 is 0.